The van der Waals surface area contributed by atoms with E-state index in [-0.39, 0.29) is 6.61 Å². The Kier molecular flexibility index (Phi) is 11.3. The van der Waals surface area contributed by atoms with Gasteiger partial charge in [-0.25, -0.2) is 0 Å². The van der Waals surface area contributed by atoms with Crippen molar-refractivity contribution in [2.24, 2.45) is 0 Å². The molecule has 1 rings (SSSR count). The van der Waals surface area contributed by atoms with Crippen LogP contribution >= 0.6 is 0 Å². The molecule has 0 aromatic heterocycles. The van der Waals surface area contributed by atoms with E-state index in [0.717, 1.165) is 0 Å². The maximum absolute atomic E-state index is 9.23. The molecule has 1 aliphatic rings. The van der Waals surface area contributed by atoms with Crippen LogP contribution in [-0.4, -0.2) is 57.6 Å². The SMILES string of the molecule is CC.CC.CC1OC(CO)C(O)C(O)C1O. The van der Waals surface area contributed by atoms with Crippen LogP contribution < -0.4 is 0 Å². The highest BCUT2D eigenvalue weighted by Gasteiger charge is 2.41. The van der Waals surface area contributed by atoms with Gasteiger partial charge in [-0.3, -0.25) is 0 Å². The molecule has 1 heterocycles. The van der Waals surface area contributed by atoms with Gasteiger partial charge in [-0.05, 0) is 6.92 Å². The van der Waals surface area contributed by atoms with E-state index in [0.29, 0.717) is 0 Å². The zero-order chi connectivity index (χ0) is 13.3. The normalized spacial score (nSPS) is 37.7. The zero-order valence-electron chi connectivity index (χ0n) is 10.8. The van der Waals surface area contributed by atoms with Crippen molar-refractivity contribution in [1.29, 1.82) is 0 Å². The van der Waals surface area contributed by atoms with Crippen molar-refractivity contribution in [3.8, 4) is 0 Å². The molecule has 1 aliphatic heterocycles. The molecular weight excluding hydrogens is 212 g/mol. The third kappa shape index (κ3) is 4.76. The monoisotopic (exact) mass is 238 g/mol. The molecule has 5 nitrogen and oxygen atoms in total. The molecule has 0 bridgehead atoms. The first-order valence-corrected chi connectivity index (χ1v) is 5.88. The molecule has 5 unspecified atom stereocenters. The van der Waals surface area contributed by atoms with Gasteiger partial charge in [0.15, 0.2) is 0 Å². The summed E-state index contributed by atoms with van der Waals surface area (Å²) in [6, 6.07) is 0. The van der Waals surface area contributed by atoms with Crippen LogP contribution in [0.1, 0.15) is 34.6 Å². The molecule has 0 amide bonds. The Morgan fingerprint density at radius 2 is 1.31 bits per heavy atom. The van der Waals surface area contributed by atoms with E-state index in [1.165, 1.54) is 0 Å². The first-order chi connectivity index (χ1) is 7.57. The van der Waals surface area contributed by atoms with Crippen molar-refractivity contribution in [2.75, 3.05) is 6.61 Å². The summed E-state index contributed by atoms with van der Waals surface area (Å²) in [6.07, 6.45) is -4.94. The van der Waals surface area contributed by atoms with Crippen molar-refractivity contribution in [3.63, 3.8) is 0 Å². The molecule has 0 radical (unpaired) electrons. The summed E-state index contributed by atoms with van der Waals surface area (Å²) in [7, 11) is 0. The minimum Gasteiger partial charge on any atom is -0.394 e. The molecule has 1 fully saturated rings. The number of rotatable bonds is 1. The van der Waals surface area contributed by atoms with E-state index < -0.39 is 30.5 Å². The Bertz CT molecular complexity index is 149. The highest BCUT2D eigenvalue weighted by atomic mass is 16.5. The Labute approximate surface area is 97.7 Å². The fourth-order valence-corrected chi connectivity index (χ4v) is 1.29. The molecule has 1 saturated heterocycles. The maximum atomic E-state index is 9.23. The van der Waals surface area contributed by atoms with Gasteiger partial charge in [0, 0.05) is 0 Å². The van der Waals surface area contributed by atoms with Gasteiger partial charge in [-0.15, -0.1) is 0 Å². The average molecular weight is 238 g/mol. The van der Waals surface area contributed by atoms with Gasteiger partial charge in [-0.1, -0.05) is 27.7 Å². The van der Waals surface area contributed by atoms with Crippen LogP contribution in [0.4, 0.5) is 0 Å². The van der Waals surface area contributed by atoms with Gasteiger partial charge in [-0.2, -0.15) is 0 Å². The number of hydrogen-bond donors (Lipinski definition) is 4. The van der Waals surface area contributed by atoms with Gasteiger partial charge >= 0.3 is 0 Å². The molecule has 0 spiro atoms. The molecule has 0 aliphatic carbocycles. The van der Waals surface area contributed by atoms with Crippen molar-refractivity contribution < 1.29 is 25.2 Å². The molecular formula is C11H26O5. The van der Waals surface area contributed by atoms with E-state index in [1.54, 1.807) is 6.92 Å². The minimum atomic E-state index is -1.24. The van der Waals surface area contributed by atoms with Crippen LogP contribution in [0.25, 0.3) is 0 Å². The molecule has 5 atom stereocenters. The lowest BCUT2D eigenvalue weighted by Crippen LogP contribution is -2.57. The Morgan fingerprint density at radius 3 is 1.69 bits per heavy atom. The van der Waals surface area contributed by atoms with Crippen LogP contribution in [0.2, 0.25) is 0 Å². The second-order valence-electron chi connectivity index (χ2n) is 3.03. The van der Waals surface area contributed by atoms with Gasteiger partial charge in [0.05, 0.1) is 12.7 Å². The summed E-state index contributed by atoms with van der Waals surface area (Å²) in [5, 5.41) is 36.4. The summed E-state index contributed by atoms with van der Waals surface area (Å²) in [5.41, 5.74) is 0. The molecule has 100 valence electrons. The topological polar surface area (TPSA) is 90.2 Å². The second-order valence-corrected chi connectivity index (χ2v) is 3.03. The van der Waals surface area contributed by atoms with Crippen molar-refractivity contribution in [2.45, 2.75) is 65.1 Å². The molecule has 16 heavy (non-hydrogen) atoms. The molecule has 5 heteroatoms. The fourth-order valence-electron chi connectivity index (χ4n) is 1.29. The molecule has 4 N–H and O–H groups in total. The quantitative estimate of drug-likeness (QED) is 0.512. The number of aliphatic hydroxyl groups excluding tert-OH is 4. The molecule has 0 aromatic carbocycles. The van der Waals surface area contributed by atoms with Crippen molar-refractivity contribution >= 4 is 0 Å². The van der Waals surface area contributed by atoms with Crippen molar-refractivity contribution in [1.82, 2.24) is 0 Å². The highest BCUT2D eigenvalue weighted by Crippen LogP contribution is 2.20. The first kappa shape index (κ1) is 18.2. The van der Waals surface area contributed by atoms with Crippen molar-refractivity contribution in [3.05, 3.63) is 0 Å². The van der Waals surface area contributed by atoms with Gasteiger partial charge in [0.1, 0.15) is 24.4 Å². The number of aliphatic hydroxyl groups is 4. The van der Waals surface area contributed by atoms with Crippen LogP contribution in [0.3, 0.4) is 0 Å². The predicted octanol–water partition coefficient (Wildman–Crippen LogP) is -0.0989. The van der Waals surface area contributed by atoms with Gasteiger partial charge < -0.3 is 25.2 Å². The minimum absolute atomic E-state index is 0.366. The third-order valence-electron chi connectivity index (χ3n) is 2.13. The van der Waals surface area contributed by atoms with E-state index in [9.17, 15) is 15.3 Å². The second kappa shape index (κ2) is 9.99. The lowest BCUT2D eigenvalue weighted by Gasteiger charge is -2.38. The summed E-state index contributed by atoms with van der Waals surface area (Å²) in [6.45, 7) is 9.21. The lowest BCUT2D eigenvalue weighted by atomic mass is 9.96. The zero-order valence-corrected chi connectivity index (χ0v) is 10.8. The average Bonchev–Trinajstić information content (AvgIpc) is 2.36. The summed E-state index contributed by atoms with van der Waals surface area (Å²) >= 11 is 0. The van der Waals surface area contributed by atoms with Gasteiger partial charge in [0.25, 0.3) is 0 Å². The predicted molar refractivity (Wildman–Crippen MR) is 62.1 cm³/mol. The first-order valence-electron chi connectivity index (χ1n) is 5.88. The highest BCUT2D eigenvalue weighted by molar-refractivity contribution is 4.89. The Morgan fingerprint density at radius 1 is 0.875 bits per heavy atom. The van der Waals surface area contributed by atoms with E-state index in [1.807, 2.05) is 27.7 Å². The van der Waals surface area contributed by atoms with Crippen LogP contribution in [0.15, 0.2) is 0 Å². The lowest BCUT2D eigenvalue weighted by molar-refractivity contribution is -0.224. The third-order valence-corrected chi connectivity index (χ3v) is 2.13. The Hall–Kier alpha value is -0.200. The summed E-state index contributed by atoms with van der Waals surface area (Å²) in [4.78, 5) is 0. The molecule has 0 aromatic rings. The fraction of sp³-hybridized carbons (Fsp3) is 1.00. The molecule has 0 saturated carbocycles. The number of hydrogen-bond acceptors (Lipinski definition) is 5. The largest absolute Gasteiger partial charge is 0.394 e. The van der Waals surface area contributed by atoms with Gasteiger partial charge in [0.2, 0.25) is 0 Å². The van der Waals surface area contributed by atoms with E-state index in [2.05, 4.69) is 0 Å². The van der Waals surface area contributed by atoms with E-state index >= 15 is 0 Å². The van der Waals surface area contributed by atoms with Crippen LogP contribution in [0.5, 0.6) is 0 Å². The maximum Gasteiger partial charge on any atom is 0.111 e. The number of ether oxygens (including phenoxy) is 1. The smallest absolute Gasteiger partial charge is 0.111 e. The van der Waals surface area contributed by atoms with E-state index in [4.69, 9.17) is 9.84 Å². The van der Waals surface area contributed by atoms with Crippen LogP contribution in [0, 0.1) is 0 Å². The standard InChI is InChI=1S/C7H14O5.2C2H6/c1-3-5(9)7(11)6(10)4(2-8)12-3;2*1-2/h3-11H,2H2,1H3;2*1-2H3. The summed E-state index contributed by atoms with van der Waals surface area (Å²) in [5.74, 6) is 0. The summed E-state index contributed by atoms with van der Waals surface area (Å²) < 4.78 is 5.02. The van der Waals surface area contributed by atoms with Crippen LogP contribution in [-0.2, 0) is 4.74 Å². The Balaban J connectivity index is 0.